The third-order valence-electron chi connectivity index (χ3n) is 6.52. The summed E-state index contributed by atoms with van der Waals surface area (Å²) in [5, 5.41) is 9.45. The molecule has 0 aromatic heterocycles. The summed E-state index contributed by atoms with van der Waals surface area (Å²) in [6.07, 6.45) is 3.09. The molecule has 1 aromatic rings. The standard InChI is InChI=1S/C21H26N4O4/c26-18-5-4-16(20(27)24-18)25-11-13-3-1-2-12(19(13)21(25)28)9-22-10-14-8-17-15(23-14)6-7-29-17/h1-3,14-17,22-23H,4-11H2,(H,24,26,27). The van der Waals surface area contributed by atoms with Crippen molar-refractivity contribution in [2.45, 2.75) is 63.0 Å². The SMILES string of the molecule is O=C1CCC(N2Cc3cccc(CNCC4CC5OCCC5N4)c3C2=O)C(=O)N1. The topological polar surface area (TPSA) is 99.8 Å². The van der Waals surface area contributed by atoms with Crippen LogP contribution in [-0.4, -0.2) is 60.0 Å². The molecule has 8 nitrogen and oxygen atoms in total. The van der Waals surface area contributed by atoms with E-state index in [0.29, 0.717) is 43.3 Å². The summed E-state index contributed by atoms with van der Waals surface area (Å²) >= 11 is 0. The van der Waals surface area contributed by atoms with Gasteiger partial charge in [-0.05, 0) is 30.4 Å². The summed E-state index contributed by atoms with van der Waals surface area (Å²) in [5.74, 6) is -0.758. The second-order valence-electron chi connectivity index (χ2n) is 8.39. The molecule has 4 unspecified atom stereocenters. The lowest BCUT2D eigenvalue weighted by molar-refractivity contribution is -0.136. The van der Waals surface area contributed by atoms with Gasteiger partial charge in [0.2, 0.25) is 11.8 Å². The molecular formula is C21H26N4O4. The number of benzene rings is 1. The Bertz CT molecular complexity index is 845. The van der Waals surface area contributed by atoms with E-state index >= 15 is 0 Å². The van der Waals surface area contributed by atoms with E-state index in [1.54, 1.807) is 4.90 Å². The zero-order valence-electron chi connectivity index (χ0n) is 16.3. The third-order valence-corrected chi connectivity index (χ3v) is 6.52. The summed E-state index contributed by atoms with van der Waals surface area (Å²) in [5.41, 5.74) is 2.60. The molecule has 1 aromatic carbocycles. The first kappa shape index (κ1) is 18.7. The van der Waals surface area contributed by atoms with Gasteiger partial charge in [0.1, 0.15) is 6.04 Å². The van der Waals surface area contributed by atoms with Crippen LogP contribution in [0, 0.1) is 0 Å². The molecular weight excluding hydrogens is 372 g/mol. The number of amides is 3. The zero-order chi connectivity index (χ0) is 20.0. The van der Waals surface area contributed by atoms with Crippen LogP contribution in [-0.2, 0) is 27.4 Å². The van der Waals surface area contributed by atoms with Gasteiger partial charge in [-0.1, -0.05) is 18.2 Å². The van der Waals surface area contributed by atoms with Crippen LogP contribution in [0.4, 0.5) is 0 Å². The number of piperidine rings is 1. The Morgan fingerprint density at radius 3 is 2.93 bits per heavy atom. The minimum Gasteiger partial charge on any atom is -0.376 e. The molecule has 154 valence electrons. The molecule has 5 rings (SSSR count). The second kappa shape index (κ2) is 7.51. The number of imide groups is 1. The van der Waals surface area contributed by atoms with Crippen molar-refractivity contribution in [2.75, 3.05) is 13.2 Å². The van der Waals surface area contributed by atoms with E-state index in [2.05, 4.69) is 16.0 Å². The highest BCUT2D eigenvalue weighted by atomic mass is 16.5. The van der Waals surface area contributed by atoms with E-state index in [-0.39, 0.29) is 24.1 Å². The highest BCUT2D eigenvalue weighted by Gasteiger charge is 2.40. The van der Waals surface area contributed by atoms with Crippen LogP contribution in [0.5, 0.6) is 0 Å². The number of nitrogens with zero attached hydrogens (tertiary/aromatic N) is 1. The van der Waals surface area contributed by atoms with Gasteiger partial charge < -0.3 is 20.3 Å². The van der Waals surface area contributed by atoms with Crippen molar-refractivity contribution < 1.29 is 19.1 Å². The molecule has 4 heterocycles. The van der Waals surface area contributed by atoms with Gasteiger partial charge in [-0.15, -0.1) is 0 Å². The molecule has 3 amide bonds. The minimum absolute atomic E-state index is 0.117. The van der Waals surface area contributed by atoms with Gasteiger partial charge in [0.15, 0.2) is 0 Å². The Kier molecular flexibility index (Phi) is 4.85. The molecule has 3 N–H and O–H groups in total. The van der Waals surface area contributed by atoms with Crippen molar-refractivity contribution in [3.05, 3.63) is 34.9 Å². The number of hydrogen-bond acceptors (Lipinski definition) is 6. The average Bonchev–Trinajstić information content (AvgIpc) is 3.36. The molecule has 0 bridgehead atoms. The van der Waals surface area contributed by atoms with E-state index in [0.717, 1.165) is 37.1 Å². The Hall–Kier alpha value is -2.29. The number of nitrogens with one attached hydrogen (secondary N) is 3. The van der Waals surface area contributed by atoms with E-state index in [1.165, 1.54) is 0 Å². The van der Waals surface area contributed by atoms with Crippen LogP contribution in [0.25, 0.3) is 0 Å². The van der Waals surface area contributed by atoms with Crippen LogP contribution in [0.15, 0.2) is 18.2 Å². The fraction of sp³-hybridized carbons (Fsp3) is 0.571. The molecule has 3 saturated heterocycles. The molecule has 4 atom stereocenters. The number of fused-ring (bicyclic) bond motifs is 2. The highest BCUT2D eigenvalue weighted by molar-refractivity contribution is 6.05. The lowest BCUT2D eigenvalue weighted by atomic mass is 10.0. The number of carbonyl (C=O) groups is 3. The van der Waals surface area contributed by atoms with Crippen molar-refractivity contribution in [2.24, 2.45) is 0 Å². The first-order valence-corrected chi connectivity index (χ1v) is 10.4. The van der Waals surface area contributed by atoms with Crippen molar-refractivity contribution in [3.63, 3.8) is 0 Å². The summed E-state index contributed by atoms with van der Waals surface area (Å²) in [7, 11) is 0. The van der Waals surface area contributed by atoms with Gasteiger partial charge in [-0.2, -0.15) is 0 Å². The Morgan fingerprint density at radius 2 is 2.10 bits per heavy atom. The van der Waals surface area contributed by atoms with E-state index in [1.807, 2.05) is 18.2 Å². The fourth-order valence-corrected chi connectivity index (χ4v) is 5.08. The van der Waals surface area contributed by atoms with Gasteiger partial charge in [-0.3, -0.25) is 19.7 Å². The first-order valence-electron chi connectivity index (χ1n) is 10.4. The molecule has 29 heavy (non-hydrogen) atoms. The van der Waals surface area contributed by atoms with Gasteiger partial charge in [0.25, 0.3) is 5.91 Å². The maximum atomic E-state index is 13.1. The number of hydrogen-bond donors (Lipinski definition) is 3. The van der Waals surface area contributed by atoms with Crippen molar-refractivity contribution in [1.82, 2.24) is 20.9 Å². The number of ether oxygens (including phenoxy) is 1. The minimum atomic E-state index is -0.574. The van der Waals surface area contributed by atoms with Crippen LogP contribution in [0.3, 0.4) is 0 Å². The maximum absolute atomic E-state index is 13.1. The van der Waals surface area contributed by atoms with Crippen molar-refractivity contribution in [3.8, 4) is 0 Å². The normalized spacial score (nSPS) is 31.2. The first-order chi connectivity index (χ1) is 14.1. The van der Waals surface area contributed by atoms with Crippen LogP contribution < -0.4 is 16.0 Å². The van der Waals surface area contributed by atoms with Crippen molar-refractivity contribution >= 4 is 17.7 Å². The molecule has 0 radical (unpaired) electrons. The third kappa shape index (κ3) is 3.45. The van der Waals surface area contributed by atoms with Gasteiger partial charge in [-0.25, -0.2) is 0 Å². The monoisotopic (exact) mass is 398 g/mol. The predicted octanol–water partition coefficient (Wildman–Crippen LogP) is 0.0566. The summed E-state index contributed by atoms with van der Waals surface area (Å²) < 4.78 is 5.74. The molecule has 4 aliphatic rings. The lowest BCUT2D eigenvalue weighted by Gasteiger charge is -2.29. The molecule has 0 aliphatic carbocycles. The fourth-order valence-electron chi connectivity index (χ4n) is 5.08. The van der Waals surface area contributed by atoms with Crippen LogP contribution in [0.2, 0.25) is 0 Å². The molecule has 0 spiro atoms. The van der Waals surface area contributed by atoms with Crippen molar-refractivity contribution in [1.29, 1.82) is 0 Å². The largest absolute Gasteiger partial charge is 0.376 e. The van der Waals surface area contributed by atoms with E-state index in [9.17, 15) is 14.4 Å². The van der Waals surface area contributed by atoms with Crippen LogP contribution >= 0.6 is 0 Å². The lowest BCUT2D eigenvalue weighted by Crippen LogP contribution is -2.52. The smallest absolute Gasteiger partial charge is 0.255 e. The number of rotatable bonds is 5. The predicted molar refractivity (Wildman–Crippen MR) is 104 cm³/mol. The molecule has 3 fully saturated rings. The summed E-state index contributed by atoms with van der Waals surface area (Å²) in [6.45, 7) is 2.70. The van der Waals surface area contributed by atoms with Gasteiger partial charge in [0, 0.05) is 50.3 Å². The second-order valence-corrected chi connectivity index (χ2v) is 8.39. The Balaban J connectivity index is 1.23. The summed E-state index contributed by atoms with van der Waals surface area (Å²) in [4.78, 5) is 38.3. The quantitative estimate of drug-likeness (QED) is 0.607. The maximum Gasteiger partial charge on any atom is 0.255 e. The molecule has 8 heteroatoms. The molecule has 0 saturated carbocycles. The molecule has 4 aliphatic heterocycles. The van der Waals surface area contributed by atoms with E-state index in [4.69, 9.17) is 4.74 Å². The van der Waals surface area contributed by atoms with E-state index < -0.39 is 6.04 Å². The average molecular weight is 398 g/mol. The Labute approximate surface area is 169 Å². The Morgan fingerprint density at radius 1 is 1.21 bits per heavy atom. The highest BCUT2D eigenvalue weighted by Crippen LogP contribution is 2.30. The zero-order valence-corrected chi connectivity index (χ0v) is 16.3. The van der Waals surface area contributed by atoms with Crippen LogP contribution in [0.1, 0.15) is 47.2 Å². The number of carbonyl (C=O) groups excluding carboxylic acids is 3. The summed E-state index contributed by atoms with van der Waals surface area (Å²) in [6, 6.07) is 6.17. The van der Waals surface area contributed by atoms with Gasteiger partial charge in [0.05, 0.1) is 6.10 Å². The van der Waals surface area contributed by atoms with Gasteiger partial charge >= 0.3 is 0 Å².